The van der Waals surface area contributed by atoms with Crippen LogP contribution in [0.5, 0.6) is 5.75 Å². The van der Waals surface area contributed by atoms with Gasteiger partial charge < -0.3 is 9.84 Å². The summed E-state index contributed by atoms with van der Waals surface area (Å²) in [6.07, 6.45) is 1.57. The Morgan fingerprint density at radius 2 is 1.60 bits per heavy atom. The molecule has 178 valence electrons. The number of thioether (sulfide) groups is 1. The molecule has 1 fully saturated rings. The van der Waals surface area contributed by atoms with E-state index in [1.54, 1.807) is 30.3 Å². The van der Waals surface area contributed by atoms with Crippen molar-refractivity contribution in [2.24, 2.45) is 0 Å². The lowest BCUT2D eigenvalue weighted by molar-refractivity contribution is -0.123. The summed E-state index contributed by atoms with van der Waals surface area (Å²) in [5.41, 5.74) is 2.30. The zero-order valence-electron chi connectivity index (χ0n) is 17.8. The summed E-state index contributed by atoms with van der Waals surface area (Å²) in [5, 5.41) is 9.11. The average Bonchev–Trinajstić information content (AvgIpc) is 3.07. The monoisotopic (exact) mass is 591 g/mol. The van der Waals surface area contributed by atoms with Gasteiger partial charge in [-0.25, -0.2) is 4.79 Å². The van der Waals surface area contributed by atoms with E-state index in [1.165, 1.54) is 17.0 Å². The molecule has 1 heterocycles. The lowest BCUT2D eigenvalue weighted by atomic mass is 10.1. The van der Waals surface area contributed by atoms with E-state index in [1.807, 2.05) is 24.3 Å². The van der Waals surface area contributed by atoms with E-state index in [-0.39, 0.29) is 50.6 Å². The van der Waals surface area contributed by atoms with Crippen LogP contribution in [-0.2, 0) is 17.9 Å². The van der Waals surface area contributed by atoms with E-state index in [0.29, 0.717) is 5.56 Å². The first-order valence-corrected chi connectivity index (χ1v) is 12.5. The minimum atomic E-state index is -1.01. The molecule has 0 aliphatic carbocycles. The zero-order chi connectivity index (χ0) is 25.1. The van der Waals surface area contributed by atoms with Crippen LogP contribution in [0.4, 0.5) is 4.79 Å². The lowest BCUT2D eigenvalue weighted by Crippen LogP contribution is -2.27. The number of nitrogens with zero attached hydrogens (tertiary/aromatic N) is 1. The highest BCUT2D eigenvalue weighted by molar-refractivity contribution is 9.10. The van der Waals surface area contributed by atoms with Gasteiger partial charge in [-0.15, -0.1) is 0 Å². The van der Waals surface area contributed by atoms with Crippen molar-refractivity contribution >= 4 is 74.1 Å². The van der Waals surface area contributed by atoms with E-state index in [9.17, 15) is 14.4 Å². The molecule has 0 aromatic heterocycles. The van der Waals surface area contributed by atoms with Gasteiger partial charge in [0.25, 0.3) is 11.1 Å². The molecule has 1 saturated heterocycles. The van der Waals surface area contributed by atoms with Crippen molar-refractivity contribution in [3.63, 3.8) is 0 Å². The number of hydrogen-bond acceptors (Lipinski definition) is 5. The highest BCUT2D eigenvalue weighted by Gasteiger charge is 2.35. The van der Waals surface area contributed by atoms with Crippen molar-refractivity contribution in [3.05, 3.63) is 102 Å². The molecule has 10 heteroatoms. The van der Waals surface area contributed by atoms with Crippen LogP contribution in [0.1, 0.15) is 27.0 Å². The number of carbonyl (C=O) groups is 3. The van der Waals surface area contributed by atoms with Crippen molar-refractivity contribution in [2.75, 3.05) is 0 Å². The molecule has 3 aromatic rings. The number of carboxylic acids is 1. The molecule has 2 amide bonds. The average molecular weight is 593 g/mol. The predicted octanol–water partition coefficient (Wildman–Crippen LogP) is 7.27. The molecule has 0 bridgehead atoms. The Hall–Kier alpha value is -2.78. The number of ether oxygens (including phenoxy) is 1. The lowest BCUT2D eigenvalue weighted by Gasteiger charge is -2.12. The molecule has 6 nitrogen and oxygen atoms in total. The summed E-state index contributed by atoms with van der Waals surface area (Å²) >= 11 is 17.0. The summed E-state index contributed by atoms with van der Waals surface area (Å²) < 4.78 is 6.65. The first kappa shape index (κ1) is 25.3. The third kappa shape index (κ3) is 6.08. The van der Waals surface area contributed by atoms with Crippen molar-refractivity contribution in [3.8, 4) is 5.75 Å². The van der Waals surface area contributed by atoms with Gasteiger partial charge in [0.05, 0.1) is 27.1 Å². The Balaban J connectivity index is 1.47. The Kier molecular flexibility index (Phi) is 7.86. The quantitative estimate of drug-likeness (QED) is 0.290. The molecule has 4 rings (SSSR count). The molecule has 0 atom stereocenters. The molecule has 0 unspecified atom stereocenters. The van der Waals surface area contributed by atoms with E-state index in [2.05, 4.69) is 15.9 Å². The summed E-state index contributed by atoms with van der Waals surface area (Å²) in [6.45, 7) is 0.310. The third-order valence-corrected chi connectivity index (χ3v) is 7.03. The number of aromatic carboxylic acids is 1. The second-order valence-electron chi connectivity index (χ2n) is 7.50. The fourth-order valence-corrected chi connectivity index (χ4v) is 4.98. The molecular formula is C25H16BrCl2NO5S. The van der Waals surface area contributed by atoms with Crippen LogP contribution in [0, 0.1) is 0 Å². The third-order valence-electron chi connectivity index (χ3n) is 5.03. The van der Waals surface area contributed by atoms with Crippen LogP contribution in [-0.4, -0.2) is 27.1 Å². The fraction of sp³-hybridized carbons (Fsp3) is 0.0800. The number of rotatable bonds is 7. The van der Waals surface area contributed by atoms with Gasteiger partial charge in [-0.2, -0.15) is 0 Å². The molecular weight excluding hydrogens is 577 g/mol. The standard InChI is InChI=1S/C25H16BrCl2NO5S/c26-18-7-3-14(4-8-18)12-29-23(30)21(35-25(29)33)11-16-9-19(27)22(20(28)10-16)34-13-15-1-5-17(6-2-15)24(31)32/h1-11H,12-13H2,(H,31,32)/b21-11-. The maximum Gasteiger partial charge on any atom is 0.335 e. The maximum absolute atomic E-state index is 12.8. The molecule has 35 heavy (non-hydrogen) atoms. The number of carbonyl (C=O) groups excluding carboxylic acids is 2. The van der Waals surface area contributed by atoms with Crippen molar-refractivity contribution in [1.82, 2.24) is 4.90 Å². The van der Waals surface area contributed by atoms with Gasteiger partial charge in [0.2, 0.25) is 0 Å². The molecule has 0 spiro atoms. The number of imide groups is 1. The van der Waals surface area contributed by atoms with Crippen molar-refractivity contribution in [1.29, 1.82) is 0 Å². The Bertz CT molecular complexity index is 1320. The number of amides is 2. The zero-order valence-corrected chi connectivity index (χ0v) is 21.7. The van der Waals surface area contributed by atoms with Crippen LogP contribution >= 0.6 is 50.9 Å². The van der Waals surface area contributed by atoms with Gasteiger partial charge in [-0.05, 0) is 70.9 Å². The normalized spacial score (nSPS) is 14.6. The Labute approximate surface area is 223 Å². The van der Waals surface area contributed by atoms with Gasteiger partial charge >= 0.3 is 5.97 Å². The summed E-state index contributed by atoms with van der Waals surface area (Å²) in [7, 11) is 0. The summed E-state index contributed by atoms with van der Waals surface area (Å²) in [5.74, 6) is -1.14. The first-order valence-electron chi connectivity index (χ1n) is 10.1. The first-order chi connectivity index (χ1) is 16.7. The molecule has 3 aromatic carbocycles. The van der Waals surface area contributed by atoms with E-state index in [0.717, 1.165) is 27.4 Å². The van der Waals surface area contributed by atoms with Crippen molar-refractivity contribution < 1.29 is 24.2 Å². The van der Waals surface area contributed by atoms with Crippen LogP contribution in [0.25, 0.3) is 6.08 Å². The second kappa shape index (κ2) is 10.9. The smallest absolute Gasteiger partial charge is 0.335 e. The second-order valence-corrected chi connectivity index (χ2v) is 10.2. The Morgan fingerprint density at radius 3 is 2.20 bits per heavy atom. The van der Waals surface area contributed by atoms with Crippen LogP contribution < -0.4 is 4.74 Å². The largest absolute Gasteiger partial charge is 0.486 e. The minimum absolute atomic E-state index is 0.133. The van der Waals surface area contributed by atoms with Crippen LogP contribution in [0.2, 0.25) is 10.0 Å². The van der Waals surface area contributed by atoms with Gasteiger partial charge in [-0.1, -0.05) is 63.4 Å². The number of carboxylic acid groups (broad SMARTS) is 1. The summed E-state index contributed by atoms with van der Waals surface area (Å²) in [4.78, 5) is 37.7. The molecule has 0 saturated carbocycles. The molecule has 1 N–H and O–H groups in total. The van der Waals surface area contributed by atoms with Crippen LogP contribution in [0.3, 0.4) is 0 Å². The number of benzene rings is 3. The van der Waals surface area contributed by atoms with Crippen molar-refractivity contribution in [2.45, 2.75) is 13.2 Å². The topological polar surface area (TPSA) is 83.9 Å². The fourth-order valence-electron chi connectivity index (χ4n) is 3.26. The van der Waals surface area contributed by atoms with E-state index < -0.39 is 5.97 Å². The van der Waals surface area contributed by atoms with Gasteiger partial charge in [0.15, 0.2) is 5.75 Å². The SMILES string of the molecule is O=C(O)c1ccc(COc2c(Cl)cc(/C=C3\SC(=O)N(Cc4ccc(Br)cc4)C3=O)cc2Cl)cc1. The Morgan fingerprint density at radius 1 is 1.00 bits per heavy atom. The van der Waals surface area contributed by atoms with Gasteiger partial charge in [-0.3, -0.25) is 14.5 Å². The number of hydrogen-bond donors (Lipinski definition) is 1. The maximum atomic E-state index is 12.8. The van der Waals surface area contributed by atoms with Crippen LogP contribution in [0.15, 0.2) is 70.0 Å². The van der Waals surface area contributed by atoms with Gasteiger partial charge in [0.1, 0.15) is 6.61 Å². The minimum Gasteiger partial charge on any atom is -0.486 e. The van der Waals surface area contributed by atoms with E-state index in [4.69, 9.17) is 33.0 Å². The van der Waals surface area contributed by atoms with Gasteiger partial charge in [0, 0.05) is 4.47 Å². The number of halogens is 3. The molecule has 1 aliphatic heterocycles. The highest BCUT2D eigenvalue weighted by atomic mass is 79.9. The molecule has 0 radical (unpaired) electrons. The molecule has 1 aliphatic rings. The predicted molar refractivity (Wildman–Crippen MR) is 140 cm³/mol. The summed E-state index contributed by atoms with van der Waals surface area (Å²) in [6, 6.07) is 16.8. The highest BCUT2D eigenvalue weighted by Crippen LogP contribution is 2.38. The van der Waals surface area contributed by atoms with E-state index >= 15 is 0 Å².